The highest BCUT2D eigenvalue weighted by atomic mass is 32.2. The molecule has 0 saturated carbocycles. The molecule has 1 aliphatic heterocycles. The molecule has 1 fully saturated rings. The van der Waals surface area contributed by atoms with Crippen molar-refractivity contribution in [3.8, 4) is 6.07 Å². The molecule has 1 aliphatic rings. The lowest BCUT2D eigenvalue weighted by molar-refractivity contribution is -0.0799. The highest BCUT2D eigenvalue weighted by Gasteiger charge is 2.43. The fourth-order valence-electron chi connectivity index (χ4n) is 3.68. The maximum Gasteiger partial charge on any atom is 0.261 e. The number of carbonyl (C=O) groups excluding carboxylic acids is 1. The summed E-state index contributed by atoms with van der Waals surface area (Å²) in [6.07, 6.45) is 0.480. The van der Waals surface area contributed by atoms with E-state index in [1.165, 1.54) is 36.4 Å². The number of benzene rings is 3. The van der Waals surface area contributed by atoms with Gasteiger partial charge in [0.15, 0.2) is 0 Å². The quantitative estimate of drug-likeness (QED) is 0.604. The Balaban J connectivity index is 1.37. The van der Waals surface area contributed by atoms with Crippen LogP contribution in [0.3, 0.4) is 0 Å². The molecule has 2 N–H and O–H groups in total. The van der Waals surface area contributed by atoms with Crippen molar-refractivity contribution in [3.63, 3.8) is 0 Å². The van der Waals surface area contributed by atoms with E-state index in [1.54, 1.807) is 17.0 Å². The molecular formula is C24H21N3O4S. The standard InChI is InChI=1S/C24H21N3O4S/c25-15-19-6-12-22(13-7-19)32(30,31)26-21-10-8-20(9-11-21)23(28)27-16-24(29,17-27)14-18-4-2-1-3-5-18/h1-13,26,29H,14,16-17H2. The number of hydrogen-bond donors (Lipinski definition) is 2. The van der Waals surface area contributed by atoms with Gasteiger partial charge in [-0.05, 0) is 54.1 Å². The van der Waals surface area contributed by atoms with Crippen LogP contribution < -0.4 is 4.72 Å². The lowest BCUT2D eigenvalue weighted by Gasteiger charge is -2.46. The summed E-state index contributed by atoms with van der Waals surface area (Å²) in [5, 5.41) is 19.5. The van der Waals surface area contributed by atoms with Gasteiger partial charge in [0.1, 0.15) is 5.60 Å². The Hall–Kier alpha value is -3.67. The third-order valence-corrected chi connectivity index (χ3v) is 6.71. The number of carbonyl (C=O) groups is 1. The number of nitriles is 1. The molecule has 8 heteroatoms. The summed E-state index contributed by atoms with van der Waals surface area (Å²) in [7, 11) is -3.81. The molecule has 0 aliphatic carbocycles. The number of nitrogens with zero attached hydrogens (tertiary/aromatic N) is 2. The molecule has 162 valence electrons. The zero-order valence-electron chi connectivity index (χ0n) is 17.1. The van der Waals surface area contributed by atoms with E-state index >= 15 is 0 Å². The van der Waals surface area contributed by atoms with Crippen molar-refractivity contribution in [2.24, 2.45) is 0 Å². The van der Waals surface area contributed by atoms with Crippen LogP contribution in [0.2, 0.25) is 0 Å². The molecule has 1 amide bonds. The Bertz CT molecular complexity index is 1260. The molecule has 0 unspecified atom stereocenters. The third kappa shape index (κ3) is 4.64. The van der Waals surface area contributed by atoms with Crippen LogP contribution in [0.5, 0.6) is 0 Å². The van der Waals surface area contributed by atoms with E-state index in [1.807, 2.05) is 36.4 Å². The third-order valence-electron chi connectivity index (χ3n) is 5.31. The second kappa shape index (κ2) is 8.46. The molecular weight excluding hydrogens is 426 g/mol. The van der Waals surface area contributed by atoms with Gasteiger partial charge in [-0.2, -0.15) is 5.26 Å². The van der Waals surface area contributed by atoms with Crippen molar-refractivity contribution in [1.29, 1.82) is 5.26 Å². The first-order valence-electron chi connectivity index (χ1n) is 9.97. The molecule has 1 saturated heterocycles. The van der Waals surface area contributed by atoms with Crippen molar-refractivity contribution in [1.82, 2.24) is 4.90 Å². The first-order chi connectivity index (χ1) is 15.3. The van der Waals surface area contributed by atoms with Crippen LogP contribution in [0.4, 0.5) is 5.69 Å². The summed E-state index contributed by atoms with van der Waals surface area (Å²) in [5.74, 6) is -0.218. The maximum absolute atomic E-state index is 12.7. The number of likely N-dealkylation sites (tertiary alicyclic amines) is 1. The minimum atomic E-state index is -3.81. The van der Waals surface area contributed by atoms with Gasteiger partial charge in [-0.3, -0.25) is 9.52 Å². The van der Waals surface area contributed by atoms with Crippen molar-refractivity contribution in [2.75, 3.05) is 17.8 Å². The SMILES string of the molecule is N#Cc1ccc(S(=O)(=O)Nc2ccc(C(=O)N3CC(O)(Cc4ccccc4)C3)cc2)cc1. The minimum absolute atomic E-state index is 0.0370. The van der Waals surface area contributed by atoms with Crippen molar-refractivity contribution in [2.45, 2.75) is 16.9 Å². The van der Waals surface area contributed by atoms with Gasteiger partial charge in [0.2, 0.25) is 0 Å². The van der Waals surface area contributed by atoms with Gasteiger partial charge < -0.3 is 10.0 Å². The summed E-state index contributed by atoms with van der Waals surface area (Å²) in [6.45, 7) is 0.488. The Labute approximate surface area is 186 Å². The Morgan fingerprint density at radius 1 is 1.00 bits per heavy atom. The predicted molar refractivity (Wildman–Crippen MR) is 119 cm³/mol. The molecule has 32 heavy (non-hydrogen) atoms. The number of rotatable bonds is 6. The molecule has 0 bridgehead atoms. The molecule has 1 heterocycles. The normalized spacial score (nSPS) is 14.8. The predicted octanol–water partition coefficient (Wildman–Crippen LogP) is 2.79. The first kappa shape index (κ1) is 21.6. The molecule has 3 aromatic carbocycles. The minimum Gasteiger partial charge on any atom is -0.386 e. The Morgan fingerprint density at radius 3 is 2.22 bits per heavy atom. The topological polar surface area (TPSA) is 110 Å². The van der Waals surface area contributed by atoms with Gasteiger partial charge in [-0.15, -0.1) is 0 Å². The van der Waals surface area contributed by atoms with Crippen LogP contribution in [0.25, 0.3) is 0 Å². The van der Waals surface area contributed by atoms with Crippen LogP contribution >= 0.6 is 0 Å². The van der Waals surface area contributed by atoms with Gasteiger partial charge in [0.05, 0.1) is 29.6 Å². The number of aliphatic hydroxyl groups is 1. The van der Waals surface area contributed by atoms with Crippen molar-refractivity contribution < 1.29 is 18.3 Å². The summed E-state index contributed by atoms with van der Waals surface area (Å²) < 4.78 is 27.5. The lowest BCUT2D eigenvalue weighted by atomic mass is 9.86. The van der Waals surface area contributed by atoms with E-state index in [0.717, 1.165) is 5.56 Å². The summed E-state index contributed by atoms with van der Waals surface area (Å²) in [6, 6.07) is 23.3. The van der Waals surface area contributed by atoms with E-state index in [-0.39, 0.29) is 23.9 Å². The highest BCUT2D eigenvalue weighted by Crippen LogP contribution is 2.27. The van der Waals surface area contributed by atoms with Crippen molar-refractivity contribution >= 4 is 21.6 Å². The molecule has 0 radical (unpaired) electrons. The summed E-state index contributed by atoms with van der Waals surface area (Å²) in [4.78, 5) is 14.3. The number of β-amino-alcohol motifs (C(OH)–C–C–N with tert-alkyl or cyclic N) is 1. The zero-order chi connectivity index (χ0) is 22.8. The van der Waals surface area contributed by atoms with E-state index in [9.17, 15) is 18.3 Å². The van der Waals surface area contributed by atoms with Gasteiger partial charge >= 0.3 is 0 Å². The van der Waals surface area contributed by atoms with Crippen LogP contribution in [0.1, 0.15) is 21.5 Å². The second-order valence-electron chi connectivity index (χ2n) is 7.87. The van der Waals surface area contributed by atoms with Gasteiger partial charge in [0.25, 0.3) is 15.9 Å². The molecule has 4 rings (SSSR count). The largest absolute Gasteiger partial charge is 0.386 e. The molecule has 0 atom stereocenters. The zero-order valence-corrected chi connectivity index (χ0v) is 17.9. The van der Waals surface area contributed by atoms with Gasteiger partial charge in [0, 0.05) is 17.7 Å². The number of sulfonamides is 1. The molecule has 3 aromatic rings. The van der Waals surface area contributed by atoms with Crippen LogP contribution in [0.15, 0.2) is 83.8 Å². The lowest BCUT2D eigenvalue weighted by Crippen LogP contribution is -2.64. The molecule has 0 aromatic heterocycles. The Morgan fingerprint density at radius 2 is 1.62 bits per heavy atom. The second-order valence-corrected chi connectivity index (χ2v) is 9.55. The average Bonchev–Trinajstić information content (AvgIpc) is 2.78. The number of nitrogens with one attached hydrogen (secondary N) is 1. The van der Waals surface area contributed by atoms with Gasteiger partial charge in [-0.1, -0.05) is 30.3 Å². The average molecular weight is 448 g/mol. The summed E-state index contributed by atoms with van der Waals surface area (Å²) in [5.41, 5.74) is 1.17. The number of amides is 1. The van der Waals surface area contributed by atoms with Crippen LogP contribution in [0, 0.1) is 11.3 Å². The van der Waals surface area contributed by atoms with E-state index in [0.29, 0.717) is 23.2 Å². The number of anilines is 1. The molecule has 7 nitrogen and oxygen atoms in total. The fraction of sp³-hybridized carbons (Fsp3) is 0.167. The van der Waals surface area contributed by atoms with E-state index in [2.05, 4.69) is 4.72 Å². The highest BCUT2D eigenvalue weighted by molar-refractivity contribution is 7.92. The Kier molecular flexibility index (Phi) is 5.70. The number of hydrogen-bond acceptors (Lipinski definition) is 5. The first-order valence-corrected chi connectivity index (χ1v) is 11.4. The smallest absolute Gasteiger partial charge is 0.261 e. The fourth-order valence-corrected chi connectivity index (χ4v) is 4.74. The monoisotopic (exact) mass is 447 g/mol. The van der Waals surface area contributed by atoms with Crippen LogP contribution in [-0.4, -0.2) is 43.0 Å². The van der Waals surface area contributed by atoms with E-state index < -0.39 is 15.6 Å². The van der Waals surface area contributed by atoms with E-state index in [4.69, 9.17) is 5.26 Å². The van der Waals surface area contributed by atoms with Gasteiger partial charge in [-0.25, -0.2) is 8.42 Å². The molecule has 0 spiro atoms. The summed E-state index contributed by atoms with van der Waals surface area (Å²) >= 11 is 0. The van der Waals surface area contributed by atoms with Crippen molar-refractivity contribution in [3.05, 3.63) is 95.6 Å². The maximum atomic E-state index is 12.7. The van der Waals surface area contributed by atoms with Crippen LogP contribution in [-0.2, 0) is 16.4 Å².